The molecule has 0 unspecified atom stereocenters. The molecule has 4 heterocycles. The van der Waals surface area contributed by atoms with Gasteiger partial charge in [0.15, 0.2) is 5.82 Å². The molecular weight excluding hydrogens is 481 g/mol. The Bertz CT molecular complexity index is 967. The maximum Gasteiger partial charge on any atom is 0.241 e. The standard InChI is InChI=1S/C18H18BrN7O.2ClH/c1-24-7-8-25(18(27)12-24)14-5-6-15(20-10-14)22-16-3-2-4-17(23-16)26-11-13(19)9-21-26;;/h2-6,9-11H,7-8,12H2,1H3,(H,20,22,23);2*1H. The van der Waals surface area contributed by atoms with E-state index in [1.807, 2.05) is 48.5 Å². The zero-order valence-corrected chi connectivity index (χ0v) is 18.7. The molecule has 8 nitrogen and oxygen atoms in total. The molecule has 11 heteroatoms. The van der Waals surface area contributed by atoms with E-state index in [1.54, 1.807) is 22.0 Å². The topological polar surface area (TPSA) is 79.2 Å². The van der Waals surface area contributed by atoms with Crippen molar-refractivity contribution in [2.75, 3.05) is 36.9 Å². The monoisotopic (exact) mass is 499 g/mol. The number of amides is 1. The lowest BCUT2D eigenvalue weighted by atomic mass is 10.2. The third-order valence-electron chi connectivity index (χ3n) is 4.25. The van der Waals surface area contributed by atoms with Crippen LogP contribution in [0.15, 0.2) is 53.4 Å². The summed E-state index contributed by atoms with van der Waals surface area (Å²) in [6.45, 7) is 1.96. The molecule has 1 N–H and O–H groups in total. The minimum absolute atomic E-state index is 0. The summed E-state index contributed by atoms with van der Waals surface area (Å²) in [6, 6.07) is 9.38. The first-order chi connectivity index (χ1) is 13.1. The Balaban J connectivity index is 0.00000150. The summed E-state index contributed by atoms with van der Waals surface area (Å²) in [6.07, 6.45) is 5.26. The highest BCUT2D eigenvalue weighted by molar-refractivity contribution is 9.10. The Labute approximate surface area is 189 Å². The van der Waals surface area contributed by atoms with E-state index in [9.17, 15) is 4.79 Å². The number of nitrogens with zero attached hydrogens (tertiary/aromatic N) is 6. The first-order valence-corrected chi connectivity index (χ1v) is 9.27. The molecule has 0 bridgehead atoms. The fourth-order valence-corrected chi connectivity index (χ4v) is 3.15. The summed E-state index contributed by atoms with van der Waals surface area (Å²) in [7, 11) is 1.95. The number of carbonyl (C=O) groups is 1. The number of carbonyl (C=O) groups excluding carboxylic acids is 1. The summed E-state index contributed by atoms with van der Waals surface area (Å²) in [5, 5.41) is 7.42. The number of pyridine rings is 2. The molecule has 1 aliphatic rings. The third kappa shape index (κ3) is 5.45. The average Bonchev–Trinajstić information content (AvgIpc) is 3.09. The molecule has 29 heavy (non-hydrogen) atoms. The number of likely N-dealkylation sites (N-methyl/N-ethyl adjacent to an activating group) is 1. The maximum absolute atomic E-state index is 12.2. The van der Waals surface area contributed by atoms with Crippen molar-refractivity contribution in [1.29, 1.82) is 0 Å². The van der Waals surface area contributed by atoms with Gasteiger partial charge in [-0.25, -0.2) is 14.6 Å². The Morgan fingerprint density at radius 1 is 1.07 bits per heavy atom. The van der Waals surface area contributed by atoms with Gasteiger partial charge in [-0.15, -0.1) is 24.8 Å². The number of nitrogens with one attached hydrogen (secondary N) is 1. The molecule has 1 amide bonds. The second kappa shape index (κ2) is 10.0. The molecule has 1 saturated heterocycles. The zero-order valence-electron chi connectivity index (χ0n) is 15.5. The third-order valence-corrected chi connectivity index (χ3v) is 4.66. The minimum Gasteiger partial charge on any atom is -0.325 e. The van der Waals surface area contributed by atoms with Crippen molar-refractivity contribution in [3.05, 3.63) is 53.4 Å². The van der Waals surface area contributed by atoms with Gasteiger partial charge in [-0.3, -0.25) is 9.69 Å². The van der Waals surface area contributed by atoms with Gasteiger partial charge >= 0.3 is 0 Å². The number of hydrogen-bond donors (Lipinski definition) is 1. The van der Waals surface area contributed by atoms with Crippen molar-refractivity contribution in [1.82, 2.24) is 24.6 Å². The van der Waals surface area contributed by atoms with Crippen molar-refractivity contribution in [3.8, 4) is 5.82 Å². The van der Waals surface area contributed by atoms with E-state index in [-0.39, 0.29) is 30.7 Å². The smallest absolute Gasteiger partial charge is 0.241 e. The van der Waals surface area contributed by atoms with Crippen LogP contribution in [0.2, 0.25) is 0 Å². The van der Waals surface area contributed by atoms with Crippen molar-refractivity contribution in [2.45, 2.75) is 0 Å². The van der Waals surface area contributed by atoms with Crippen LogP contribution in [0.3, 0.4) is 0 Å². The van der Waals surface area contributed by atoms with E-state index in [0.717, 1.165) is 16.7 Å². The zero-order chi connectivity index (χ0) is 18.8. The Morgan fingerprint density at radius 2 is 1.90 bits per heavy atom. The molecule has 0 radical (unpaired) electrons. The number of anilines is 3. The Morgan fingerprint density at radius 3 is 2.55 bits per heavy atom. The van der Waals surface area contributed by atoms with Gasteiger partial charge in [0, 0.05) is 19.3 Å². The summed E-state index contributed by atoms with van der Waals surface area (Å²) >= 11 is 3.38. The number of halogens is 3. The van der Waals surface area contributed by atoms with Gasteiger partial charge in [0.25, 0.3) is 0 Å². The van der Waals surface area contributed by atoms with Crippen LogP contribution in [0.4, 0.5) is 17.3 Å². The molecule has 3 aromatic rings. The van der Waals surface area contributed by atoms with Gasteiger partial charge in [0.05, 0.1) is 29.1 Å². The van der Waals surface area contributed by atoms with Gasteiger partial charge in [-0.05, 0) is 47.2 Å². The van der Waals surface area contributed by atoms with Crippen molar-refractivity contribution in [2.24, 2.45) is 0 Å². The van der Waals surface area contributed by atoms with E-state index < -0.39 is 0 Å². The van der Waals surface area contributed by atoms with Crippen LogP contribution in [0, 0.1) is 0 Å². The van der Waals surface area contributed by atoms with Crippen LogP contribution >= 0.6 is 40.7 Å². The SMILES string of the molecule is CN1CCN(c2ccc(Nc3cccc(-n4cc(Br)cn4)n3)nc2)C(=O)C1.Cl.Cl. The second-order valence-corrected chi connectivity index (χ2v) is 7.21. The highest BCUT2D eigenvalue weighted by Crippen LogP contribution is 2.20. The van der Waals surface area contributed by atoms with Crippen LogP contribution in [-0.2, 0) is 4.79 Å². The Hall–Kier alpha value is -2.20. The fraction of sp³-hybridized carbons (Fsp3) is 0.222. The number of aromatic nitrogens is 4. The summed E-state index contributed by atoms with van der Waals surface area (Å²) in [4.78, 5) is 24.9. The molecule has 1 aliphatic heterocycles. The van der Waals surface area contributed by atoms with Gasteiger partial charge in [-0.2, -0.15) is 5.10 Å². The molecule has 0 aromatic carbocycles. The first-order valence-electron chi connectivity index (χ1n) is 8.48. The average molecular weight is 501 g/mol. The van der Waals surface area contributed by atoms with Crippen molar-refractivity contribution in [3.63, 3.8) is 0 Å². The molecule has 3 aromatic heterocycles. The molecule has 0 atom stereocenters. The van der Waals surface area contributed by atoms with Crippen LogP contribution in [0.5, 0.6) is 0 Å². The first kappa shape index (κ1) is 23.1. The largest absolute Gasteiger partial charge is 0.325 e. The highest BCUT2D eigenvalue weighted by atomic mass is 79.9. The molecule has 4 rings (SSSR count). The summed E-state index contributed by atoms with van der Waals surface area (Å²) < 4.78 is 2.57. The van der Waals surface area contributed by atoms with E-state index in [1.165, 1.54) is 0 Å². The number of hydrogen-bond acceptors (Lipinski definition) is 6. The Kier molecular flexibility index (Phi) is 7.97. The quantitative estimate of drug-likeness (QED) is 0.592. The van der Waals surface area contributed by atoms with Gasteiger partial charge in [0.2, 0.25) is 5.91 Å². The van der Waals surface area contributed by atoms with E-state index in [0.29, 0.717) is 30.5 Å². The summed E-state index contributed by atoms with van der Waals surface area (Å²) in [5.41, 5.74) is 0.807. The van der Waals surface area contributed by atoms with E-state index in [4.69, 9.17) is 0 Å². The lowest BCUT2D eigenvalue weighted by Crippen LogP contribution is -2.48. The normalized spacial score (nSPS) is 14.1. The molecule has 0 spiro atoms. The minimum atomic E-state index is 0. The predicted molar refractivity (Wildman–Crippen MR) is 121 cm³/mol. The lowest BCUT2D eigenvalue weighted by molar-refractivity contribution is -0.120. The lowest BCUT2D eigenvalue weighted by Gasteiger charge is -2.31. The van der Waals surface area contributed by atoms with Crippen molar-refractivity contribution >= 4 is 64.0 Å². The molecule has 154 valence electrons. The molecular formula is C18H20BrCl2N7O. The van der Waals surface area contributed by atoms with E-state index in [2.05, 4.69) is 36.3 Å². The van der Waals surface area contributed by atoms with Crippen LogP contribution in [0.25, 0.3) is 5.82 Å². The summed E-state index contributed by atoms with van der Waals surface area (Å²) in [5.74, 6) is 2.11. The van der Waals surface area contributed by atoms with Gasteiger partial charge in [-0.1, -0.05) is 6.07 Å². The van der Waals surface area contributed by atoms with Gasteiger partial charge < -0.3 is 10.2 Å². The molecule has 0 aliphatic carbocycles. The predicted octanol–water partition coefficient (Wildman–Crippen LogP) is 3.29. The number of piperazine rings is 1. The maximum atomic E-state index is 12.2. The highest BCUT2D eigenvalue weighted by Gasteiger charge is 2.22. The molecule has 0 saturated carbocycles. The second-order valence-electron chi connectivity index (χ2n) is 6.29. The van der Waals surface area contributed by atoms with Crippen molar-refractivity contribution < 1.29 is 4.79 Å². The van der Waals surface area contributed by atoms with Crippen LogP contribution in [-0.4, -0.2) is 57.2 Å². The van der Waals surface area contributed by atoms with E-state index >= 15 is 0 Å². The van der Waals surface area contributed by atoms with Gasteiger partial charge in [0.1, 0.15) is 11.6 Å². The molecule has 1 fully saturated rings. The number of rotatable bonds is 4. The fourth-order valence-electron chi connectivity index (χ4n) is 2.86. The van der Waals surface area contributed by atoms with Crippen LogP contribution < -0.4 is 10.2 Å². The van der Waals surface area contributed by atoms with Crippen LogP contribution in [0.1, 0.15) is 0 Å².